The zero-order chi connectivity index (χ0) is 16.8. The Labute approximate surface area is 133 Å². The lowest BCUT2D eigenvalue weighted by Gasteiger charge is -2.08. The molecule has 23 heavy (non-hydrogen) atoms. The number of carbonyl (C=O) groups excluding carboxylic acids is 2. The maximum Gasteiger partial charge on any atom is 0.359 e. The topological polar surface area (TPSA) is 90.3 Å². The molecular formula is C16H19N3O4. The van der Waals surface area contributed by atoms with E-state index in [2.05, 4.69) is 10.4 Å². The van der Waals surface area contributed by atoms with Crippen molar-refractivity contribution in [2.24, 2.45) is 7.05 Å². The first-order valence-electron chi connectivity index (χ1n) is 7.44. The Hall–Kier alpha value is -2.70. The van der Waals surface area contributed by atoms with Gasteiger partial charge in [0.2, 0.25) is 0 Å². The first kappa shape index (κ1) is 16.7. The Morgan fingerprint density at radius 3 is 2.65 bits per heavy atom. The molecule has 1 amide bonds. The van der Waals surface area contributed by atoms with Crippen LogP contribution in [0, 0.1) is 0 Å². The quantitative estimate of drug-likeness (QED) is 0.634. The number of nitrogens with one attached hydrogen (secondary N) is 1. The van der Waals surface area contributed by atoms with Crippen LogP contribution in [0.3, 0.4) is 0 Å². The summed E-state index contributed by atoms with van der Waals surface area (Å²) in [6.45, 7) is 2.19. The first-order valence-corrected chi connectivity index (χ1v) is 7.44. The molecule has 7 nitrogen and oxygen atoms in total. The van der Waals surface area contributed by atoms with Crippen LogP contribution in [0.1, 0.15) is 30.3 Å². The van der Waals surface area contributed by atoms with Crippen molar-refractivity contribution in [1.29, 1.82) is 0 Å². The molecule has 7 heteroatoms. The predicted octanol–water partition coefficient (Wildman–Crippen LogP) is 1.01. The van der Waals surface area contributed by atoms with E-state index in [0.29, 0.717) is 17.3 Å². The SMILES string of the molecule is CCCCNC(=O)COC(=O)c1nn(C)c(=O)c2ccccc12. The fourth-order valence-electron chi connectivity index (χ4n) is 2.11. The average Bonchev–Trinajstić information content (AvgIpc) is 2.56. The molecule has 0 saturated heterocycles. The maximum absolute atomic E-state index is 12.2. The van der Waals surface area contributed by atoms with Crippen LogP contribution in [0.25, 0.3) is 10.8 Å². The number of benzene rings is 1. The van der Waals surface area contributed by atoms with Gasteiger partial charge in [-0.15, -0.1) is 0 Å². The van der Waals surface area contributed by atoms with Crippen molar-refractivity contribution in [2.45, 2.75) is 19.8 Å². The van der Waals surface area contributed by atoms with Gasteiger partial charge in [0, 0.05) is 19.0 Å². The lowest BCUT2D eigenvalue weighted by molar-refractivity contribution is -0.124. The second-order valence-electron chi connectivity index (χ2n) is 5.10. The highest BCUT2D eigenvalue weighted by molar-refractivity contribution is 6.02. The number of ether oxygens (including phenoxy) is 1. The molecule has 1 aromatic carbocycles. The van der Waals surface area contributed by atoms with E-state index in [1.54, 1.807) is 24.3 Å². The van der Waals surface area contributed by atoms with Crippen molar-refractivity contribution < 1.29 is 14.3 Å². The Kier molecular flexibility index (Phi) is 5.46. The highest BCUT2D eigenvalue weighted by Crippen LogP contribution is 2.13. The number of aryl methyl sites for hydroxylation is 1. The molecule has 2 rings (SSSR count). The number of fused-ring (bicyclic) bond motifs is 1. The lowest BCUT2D eigenvalue weighted by atomic mass is 10.1. The third-order valence-electron chi connectivity index (χ3n) is 3.34. The third-order valence-corrected chi connectivity index (χ3v) is 3.34. The number of nitrogens with zero attached hydrogens (tertiary/aromatic N) is 2. The summed E-state index contributed by atoms with van der Waals surface area (Å²) in [5.74, 6) is -1.09. The van der Waals surface area contributed by atoms with Gasteiger partial charge in [0.15, 0.2) is 12.3 Å². The molecular weight excluding hydrogens is 298 g/mol. The molecule has 2 aromatic rings. The number of amides is 1. The molecule has 0 atom stereocenters. The van der Waals surface area contributed by atoms with Gasteiger partial charge >= 0.3 is 5.97 Å². The minimum absolute atomic E-state index is 0.0176. The van der Waals surface area contributed by atoms with Gasteiger partial charge in [0.25, 0.3) is 11.5 Å². The summed E-state index contributed by atoms with van der Waals surface area (Å²) in [5, 5.41) is 7.40. The van der Waals surface area contributed by atoms with E-state index in [1.165, 1.54) is 7.05 Å². The summed E-state index contributed by atoms with van der Waals surface area (Å²) >= 11 is 0. The number of unbranched alkanes of at least 4 members (excludes halogenated alkanes) is 1. The van der Waals surface area contributed by atoms with E-state index in [9.17, 15) is 14.4 Å². The predicted molar refractivity (Wildman–Crippen MR) is 85.2 cm³/mol. The van der Waals surface area contributed by atoms with Gasteiger partial charge in [-0.2, -0.15) is 5.10 Å². The van der Waals surface area contributed by atoms with E-state index in [4.69, 9.17) is 4.74 Å². The third kappa shape index (κ3) is 3.94. The van der Waals surface area contributed by atoms with Crippen LogP contribution in [0.5, 0.6) is 0 Å². The van der Waals surface area contributed by atoms with Crippen molar-refractivity contribution in [3.8, 4) is 0 Å². The van der Waals surface area contributed by atoms with Crippen LogP contribution in [0.4, 0.5) is 0 Å². The number of carbonyl (C=O) groups is 2. The van der Waals surface area contributed by atoms with Crippen LogP contribution in [-0.2, 0) is 16.6 Å². The Morgan fingerprint density at radius 1 is 1.26 bits per heavy atom. The van der Waals surface area contributed by atoms with Crippen LogP contribution in [0.15, 0.2) is 29.1 Å². The summed E-state index contributed by atoms with van der Waals surface area (Å²) in [6.07, 6.45) is 1.83. The second-order valence-corrected chi connectivity index (χ2v) is 5.10. The van der Waals surface area contributed by atoms with Crippen LogP contribution < -0.4 is 10.9 Å². The largest absolute Gasteiger partial charge is 0.451 e. The summed E-state index contributed by atoms with van der Waals surface area (Å²) in [7, 11) is 1.46. The number of hydrogen-bond acceptors (Lipinski definition) is 5. The average molecular weight is 317 g/mol. The summed E-state index contributed by atoms with van der Waals surface area (Å²) in [6, 6.07) is 6.66. The summed E-state index contributed by atoms with van der Waals surface area (Å²) in [5.41, 5.74) is -0.279. The molecule has 0 spiro atoms. The van der Waals surface area contributed by atoms with Crippen molar-refractivity contribution in [3.05, 3.63) is 40.3 Å². The smallest absolute Gasteiger partial charge is 0.359 e. The molecule has 0 bridgehead atoms. The van der Waals surface area contributed by atoms with Crippen molar-refractivity contribution >= 4 is 22.6 Å². The highest BCUT2D eigenvalue weighted by atomic mass is 16.5. The lowest BCUT2D eigenvalue weighted by Crippen LogP contribution is -2.30. The van der Waals surface area contributed by atoms with Gasteiger partial charge in [0.05, 0.1) is 5.39 Å². The van der Waals surface area contributed by atoms with Gasteiger partial charge in [-0.3, -0.25) is 9.59 Å². The van der Waals surface area contributed by atoms with Gasteiger partial charge < -0.3 is 10.1 Å². The normalized spacial score (nSPS) is 10.5. The molecule has 122 valence electrons. The zero-order valence-electron chi connectivity index (χ0n) is 13.2. The van der Waals surface area contributed by atoms with Gasteiger partial charge in [-0.1, -0.05) is 31.5 Å². The zero-order valence-corrected chi connectivity index (χ0v) is 13.2. The number of esters is 1. The fraction of sp³-hybridized carbons (Fsp3) is 0.375. The molecule has 0 aliphatic rings. The Balaban J connectivity index is 2.14. The summed E-state index contributed by atoms with van der Waals surface area (Å²) in [4.78, 5) is 35.8. The van der Waals surface area contributed by atoms with Crippen molar-refractivity contribution in [3.63, 3.8) is 0 Å². The van der Waals surface area contributed by atoms with Crippen molar-refractivity contribution in [1.82, 2.24) is 15.1 Å². The number of hydrogen-bond donors (Lipinski definition) is 1. The molecule has 0 saturated carbocycles. The molecule has 0 aliphatic carbocycles. The Morgan fingerprint density at radius 2 is 1.96 bits per heavy atom. The summed E-state index contributed by atoms with van der Waals surface area (Å²) < 4.78 is 6.08. The highest BCUT2D eigenvalue weighted by Gasteiger charge is 2.17. The molecule has 1 N–H and O–H groups in total. The van der Waals surface area contributed by atoms with E-state index in [-0.39, 0.29) is 23.8 Å². The fourth-order valence-corrected chi connectivity index (χ4v) is 2.11. The van der Waals surface area contributed by atoms with Crippen LogP contribution in [0.2, 0.25) is 0 Å². The van der Waals surface area contributed by atoms with E-state index in [0.717, 1.165) is 17.5 Å². The van der Waals surface area contributed by atoms with E-state index < -0.39 is 5.97 Å². The van der Waals surface area contributed by atoms with Crippen molar-refractivity contribution in [2.75, 3.05) is 13.2 Å². The van der Waals surface area contributed by atoms with E-state index in [1.807, 2.05) is 6.92 Å². The molecule has 1 aromatic heterocycles. The van der Waals surface area contributed by atoms with Crippen LogP contribution >= 0.6 is 0 Å². The number of aromatic nitrogens is 2. The first-order chi connectivity index (χ1) is 11.0. The molecule has 0 aliphatic heterocycles. The van der Waals surface area contributed by atoms with Gasteiger partial charge in [0.1, 0.15) is 0 Å². The second kappa shape index (κ2) is 7.53. The molecule has 0 radical (unpaired) electrons. The van der Waals surface area contributed by atoms with E-state index >= 15 is 0 Å². The van der Waals surface area contributed by atoms with Crippen LogP contribution in [-0.4, -0.2) is 34.8 Å². The molecule has 0 unspecified atom stereocenters. The standard InChI is InChI=1S/C16H19N3O4/c1-3-4-9-17-13(20)10-23-16(22)14-11-7-5-6-8-12(11)15(21)19(2)18-14/h5-8H,3-4,9-10H2,1-2H3,(H,17,20). The number of rotatable bonds is 6. The van der Waals surface area contributed by atoms with Gasteiger partial charge in [-0.05, 0) is 12.5 Å². The Bertz CT molecular complexity index is 782. The minimum Gasteiger partial charge on any atom is -0.451 e. The van der Waals surface area contributed by atoms with Gasteiger partial charge in [-0.25, -0.2) is 9.48 Å². The maximum atomic E-state index is 12.2. The monoisotopic (exact) mass is 317 g/mol. The minimum atomic E-state index is -0.734. The molecule has 0 fully saturated rings. The molecule has 1 heterocycles.